The van der Waals surface area contributed by atoms with Crippen molar-refractivity contribution in [3.8, 4) is 0 Å². The highest BCUT2D eigenvalue weighted by Crippen LogP contribution is 2.27. The Morgan fingerprint density at radius 2 is 2.19 bits per heavy atom. The van der Waals surface area contributed by atoms with Gasteiger partial charge < -0.3 is 5.32 Å². The van der Waals surface area contributed by atoms with Crippen LogP contribution in [0.2, 0.25) is 0 Å². The first-order chi connectivity index (χ1) is 7.62. The Balaban J connectivity index is 2.35. The molecule has 1 aliphatic rings. The van der Waals surface area contributed by atoms with Crippen LogP contribution in [0.3, 0.4) is 0 Å². The van der Waals surface area contributed by atoms with Crippen molar-refractivity contribution >= 4 is 15.5 Å². The van der Waals surface area contributed by atoms with E-state index < -0.39 is 9.84 Å². The number of anilines is 1. The van der Waals surface area contributed by atoms with E-state index >= 15 is 0 Å². The number of hydrogen-bond acceptors (Lipinski definition) is 3. The summed E-state index contributed by atoms with van der Waals surface area (Å²) >= 11 is 0. The number of para-hydroxylation sites is 1. The van der Waals surface area contributed by atoms with Crippen LogP contribution in [0.5, 0.6) is 0 Å². The lowest BCUT2D eigenvalue weighted by atomic mass is 10.0. The SMILES string of the molecule is CCS(=O)(=O)Cc1cccc2c1NCCC2. The van der Waals surface area contributed by atoms with Crippen molar-refractivity contribution in [2.24, 2.45) is 0 Å². The Bertz CT molecular complexity index is 480. The summed E-state index contributed by atoms with van der Waals surface area (Å²) in [5.74, 6) is 0.357. The third-order valence-corrected chi connectivity index (χ3v) is 4.61. The molecule has 0 amide bonds. The molecule has 1 aromatic rings. The van der Waals surface area contributed by atoms with Crippen LogP contribution in [-0.4, -0.2) is 20.7 Å². The van der Waals surface area contributed by atoms with Crippen molar-refractivity contribution in [3.05, 3.63) is 29.3 Å². The molecule has 3 nitrogen and oxygen atoms in total. The van der Waals surface area contributed by atoms with Crippen molar-refractivity contribution in [2.45, 2.75) is 25.5 Å². The normalized spacial score (nSPS) is 15.3. The van der Waals surface area contributed by atoms with Gasteiger partial charge in [-0.1, -0.05) is 25.1 Å². The summed E-state index contributed by atoms with van der Waals surface area (Å²) in [6.45, 7) is 2.63. The zero-order chi connectivity index (χ0) is 11.6. The minimum absolute atomic E-state index is 0.152. The van der Waals surface area contributed by atoms with E-state index in [2.05, 4.69) is 11.4 Å². The molecule has 1 aromatic carbocycles. The van der Waals surface area contributed by atoms with Crippen LogP contribution in [0, 0.1) is 0 Å². The second kappa shape index (κ2) is 4.45. The Morgan fingerprint density at radius 3 is 2.94 bits per heavy atom. The summed E-state index contributed by atoms with van der Waals surface area (Å²) in [5, 5.41) is 3.31. The van der Waals surface area contributed by atoms with Crippen molar-refractivity contribution < 1.29 is 8.42 Å². The fourth-order valence-electron chi connectivity index (χ4n) is 2.04. The van der Waals surface area contributed by atoms with E-state index in [4.69, 9.17) is 0 Å². The predicted octanol–water partition coefficient (Wildman–Crippen LogP) is 1.98. The van der Waals surface area contributed by atoms with E-state index in [-0.39, 0.29) is 11.5 Å². The summed E-state index contributed by atoms with van der Waals surface area (Å²) < 4.78 is 23.3. The molecule has 0 radical (unpaired) electrons. The van der Waals surface area contributed by atoms with Crippen LogP contribution in [0.15, 0.2) is 18.2 Å². The molecule has 16 heavy (non-hydrogen) atoms. The number of sulfone groups is 1. The fraction of sp³-hybridized carbons (Fsp3) is 0.500. The van der Waals surface area contributed by atoms with Gasteiger partial charge in [0, 0.05) is 18.0 Å². The van der Waals surface area contributed by atoms with Crippen LogP contribution in [0.25, 0.3) is 0 Å². The molecule has 0 aliphatic carbocycles. The van der Waals surface area contributed by atoms with E-state index in [9.17, 15) is 8.42 Å². The molecule has 0 atom stereocenters. The predicted molar refractivity (Wildman–Crippen MR) is 66.4 cm³/mol. The van der Waals surface area contributed by atoms with Gasteiger partial charge in [-0.3, -0.25) is 0 Å². The quantitative estimate of drug-likeness (QED) is 0.877. The van der Waals surface area contributed by atoms with Gasteiger partial charge in [0.25, 0.3) is 0 Å². The monoisotopic (exact) mass is 239 g/mol. The highest BCUT2D eigenvalue weighted by molar-refractivity contribution is 7.90. The van der Waals surface area contributed by atoms with Crippen LogP contribution >= 0.6 is 0 Å². The van der Waals surface area contributed by atoms with Gasteiger partial charge in [-0.2, -0.15) is 0 Å². The summed E-state index contributed by atoms with van der Waals surface area (Å²) in [6.07, 6.45) is 2.17. The number of hydrogen-bond donors (Lipinski definition) is 1. The van der Waals surface area contributed by atoms with Crippen LogP contribution in [-0.2, 0) is 22.0 Å². The van der Waals surface area contributed by atoms with E-state index in [0.717, 1.165) is 30.6 Å². The molecule has 0 aromatic heterocycles. The first-order valence-electron chi connectivity index (χ1n) is 5.67. The van der Waals surface area contributed by atoms with Gasteiger partial charge in [-0.15, -0.1) is 0 Å². The van der Waals surface area contributed by atoms with Gasteiger partial charge in [-0.25, -0.2) is 8.42 Å². The highest BCUT2D eigenvalue weighted by Gasteiger charge is 2.16. The van der Waals surface area contributed by atoms with Crippen LogP contribution in [0.1, 0.15) is 24.5 Å². The number of fused-ring (bicyclic) bond motifs is 1. The molecule has 0 saturated heterocycles. The maximum atomic E-state index is 11.6. The van der Waals surface area contributed by atoms with Gasteiger partial charge in [0.05, 0.1) is 5.75 Å². The van der Waals surface area contributed by atoms with Gasteiger partial charge in [0.2, 0.25) is 0 Å². The summed E-state index contributed by atoms with van der Waals surface area (Å²) in [5.41, 5.74) is 3.21. The molecular formula is C12H17NO2S. The molecule has 0 unspecified atom stereocenters. The minimum atomic E-state index is -2.95. The van der Waals surface area contributed by atoms with E-state index in [1.807, 2.05) is 12.1 Å². The van der Waals surface area contributed by atoms with Gasteiger partial charge in [0.1, 0.15) is 0 Å². The zero-order valence-corrected chi connectivity index (χ0v) is 10.3. The van der Waals surface area contributed by atoms with Crippen molar-refractivity contribution in [1.29, 1.82) is 0 Å². The smallest absolute Gasteiger partial charge is 0.154 e. The summed E-state index contributed by atoms with van der Waals surface area (Å²) in [7, 11) is -2.95. The lowest BCUT2D eigenvalue weighted by Gasteiger charge is -2.21. The minimum Gasteiger partial charge on any atom is -0.385 e. The maximum absolute atomic E-state index is 11.6. The van der Waals surface area contributed by atoms with Gasteiger partial charge in [-0.05, 0) is 24.0 Å². The molecule has 1 heterocycles. The van der Waals surface area contributed by atoms with Crippen LogP contribution in [0.4, 0.5) is 5.69 Å². The Kier molecular flexibility index (Phi) is 3.19. The van der Waals surface area contributed by atoms with E-state index in [1.54, 1.807) is 6.92 Å². The summed E-state index contributed by atoms with van der Waals surface area (Å²) in [6, 6.07) is 5.93. The number of aryl methyl sites for hydroxylation is 1. The average molecular weight is 239 g/mol. The number of rotatable bonds is 3. The maximum Gasteiger partial charge on any atom is 0.154 e. The van der Waals surface area contributed by atoms with Gasteiger partial charge in [0.15, 0.2) is 9.84 Å². The largest absolute Gasteiger partial charge is 0.385 e. The van der Waals surface area contributed by atoms with E-state index in [1.165, 1.54) is 5.56 Å². The molecule has 88 valence electrons. The third-order valence-electron chi connectivity index (χ3n) is 2.98. The van der Waals surface area contributed by atoms with Crippen molar-refractivity contribution in [3.63, 3.8) is 0 Å². The lowest BCUT2D eigenvalue weighted by molar-refractivity contribution is 0.596. The van der Waals surface area contributed by atoms with Gasteiger partial charge >= 0.3 is 0 Å². The molecule has 0 saturated carbocycles. The zero-order valence-electron chi connectivity index (χ0n) is 9.49. The van der Waals surface area contributed by atoms with Crippen molar-refractivity contribution in [1.82, 2.24) is 0 Å². The molecule has 2 rings (SSSR count). The third kappa shape index (κ3) is 2.38. The number of benzene rings is 1. The standard InChI is InChI=1S/C12H17NO2S/c1-2-16(14,15)9-11-6-3-5-10-7-4-8-13-12(10)11/h3,5-6,13H,2,4,7-9H2,1H3. The topological polar surface area (TPSA) is 46.2 Å². The second-order valence-electron chi connectivity index (χ2n) is 4.16. The lowest BCUT2D eigenvalue weighted by Crippen LogP contribution is -2.16. The number of nitrogens with one attached hydrogen (secondary N) is 1. The molecule has 4 heteroatoms. The molecule has 1 N–H and O–H groups in total. The Hall–Kier alpha value is -1.03. The first kappa shape index (κ1) is 11.5. The molecule has 0 fully saturated rings. The average Bonchev–Trinajstić information content (AvgIpc) is 2.29. The van der Waals surface area contributed by atoms with E-state index in [0.29, 0.717) is 0 Å². The molecule has 0 spiro atoms. The first-order valence-corrected chi connectivity index (χ1v) is 7.49. The highest BCUT2D eigenvalue weighted by atomic mass is 32.2. The van der Waals surface area contributed by atoms with Crippen molar-refractivity contribution in [2.75, 3.05) is 17.6 Å². The fourth-order valence-corrected chi connectivity index (χ4v) is 2.96. The molecule has 1 aliphatic heterocycles. The molecule has 0 bridgehead atoms. The van der Waals surface area contributed by atoms with Crippen LogP contribution < -0.4 is 5.32 Å². The molecular weight excluding hydrogens is 222 g/mol. The second-order valence-corrected chi connectivity index (χ2v) is 6.51. The Labute approximate surface area is 96.8 Å². The summed E-state index contributed by atoms with van der Waals surface area (Å²) in [4.78, 5) is 0. The Morgan fingerprint density at radius 1 is 1.38 bits per heavy atom.